The van der Waals surface area contributed by atoms with Crippen LogP contribution in [0, 0.1) is 0 Å². The second-order valence-corrected chi connectivity index (χ2v) is 8.37. The van der Waals surface area contributed by atoms with Crippen LogP contribution in [0.15, 0.2) is 54.7 Å². The highest BCUT2D eigenvalue weighted by Gasteiger charge is 2.26. The van der Waals surface area contributed by atoms with Gasteiger partial charge in [0, 0.05) is 43.3 Å². The van der Waals surface area contributed by atoms with E-state index in [-0.39, 0.29) is 37.1 Å². The SMILES string of the molecule is O=C(CCC(=O)N1CC(=O)Nc2ccccc21)Nc1cccc(-c2cn3c(n2)CCCC3)c1. The summed E-state index contributed by atoms with van der Waals surface area (Å²) < 4.78 is 2.20. The van der Waals surface area contributed by atoms with Gasteiger partial charge in [-0.2, -0.15) is 0 Å². The predicted octanol–water partition coefficient (Wildman–Crippen LogP) is 3.59. The van der Waals surface area contributed by atoms with E-state index in [1.807, 2.05) is 30.3 Å². The fourth-order valence-electron chi connectivity index (χ4n) is 4.34. The van der Waals surface area contributed by atoms with E-state index in [4.69, 9.17) is 4.98 Å². The zero-order valence-corrected chi connectivity index (χ0v) is 18.2. The molecule has 0 fully saturated rings. The van der Waals surface area contributed by atoms with E-state index in [0.717, 1.165) is 30.0 Å². The van der Waals surface area contributed by atoms with E-state index in [9.17, 15) is 14.4 Å². The van der Waals surface area contributed by atoms with Crippen LogP contribution in [0.25, 0.3) is 11.3 Å². The Morgan fingerprint density at radius 1 is 1.06 bits per heavy atom. The van der Waals surface area contributed by atoms with Crippen LogP contribution in [0.5, 0.6) is 0 Å². The fraction of sp³-hybridized carbons (Fsp3) is 0.280. The van der Waals surface area contributed by atoms with Crippen LogP contribution in [0.1, 0.15) is 31.5 Å². The summed E-state index contributed by atoms with van der Waals surface area (Å²) in [5.74, 6) is 0.352. The molecule has 0 saturated carbocycles. The molecule has 0 saturated heterocycles. The molecule has 0 aliphatic carbocycles. The first-order chi connectivity index (χ1) is 16.1. The summed E-state index contributed by atoms with van der Waals surface area (Å²) >= 11 is 0. The Morgan fingerprint density at radius 2 is 1.94 bits per heavy atom. The summed E-state index contributed by atoms with van der Waals surface area (Å²) in [6.07, 6.45) is 5.45. The van der Waals surface area contributed by atoms with Crippen molar-refractivity contribution in [2.45, 2.75) is 38.6 Å². The second kappa shape index (κ2) is 8.90. The van der Waals surface area contributed by atoms with Gasteiger partial charge in [-0.15, -0.1) is 0 Å². The van der Waals surface area contributed by atoms with Gasteiger partial charge in [-0.25, -0.2) is 4.98 Å². The average molecular weight is 444 g/mol. The smallest absolute Gasteiger partial charge is 0.244 e. The minimum Gasteiger partial charge on any atom is -0.334 e. The first-order valence-corrected chi connectivity index (χ1v) is 11.2. The molecule has 8 heteroatoms. The first-order valence-electron chi connectivity index (χ1n) is 11.2. The van der Waals surface area contributed by atoms with E-state index in [1.165, 1.54) is 17.7 Å². The number of hydrogen-bond acceptors (Lipinski definition) is 4. The Morgan fingerprint density at radius 3 is 2.82 bits per heavy atom. The lowest BCUT2D eigenvalue weighted by Gasteiger charge is -2.29. The normalized spacial score (nSPS) is 14.8. The topological polar surface area (TPSA) is 96.3 Å². The number of benzene rings is 2. The lowest BCUT2D eigenvalue weighted by molar-refractivity contribution is -0.124. The van der Waals surface area contributed by atoms with Crippen molar-refractivity contribution in [1.82, 2.24) is 9.55 Å². The number of amides is 3. The minimum absolute atomic E-state index is 0.0148. The van der Waals surface area contributed by atoms with Gasteiger partial charge in [0.2, 0.25) is 17.7 Å². The molecule has 33 heavy (non-hydrogen) atoms. The van der Waals surface area contributed by atoms with Crippen molar-refractivity contribution in [3.8, 4) is 11.3 Å². The number of fused-ring (bicyclic) bond motifs is 2. The molecule has 2 aliphatic rings. The van der Waals surface area contributed by atoms with Crippen LogP contribution in [0.2, 0.25) is 0 Å². The number of imidazole rings is 1. The van der Waals surface area contributed by atoms with E-state index in [1.54, 1.807) is 18.2 Å². The fourth-order valence-corrected chi connectivity index (χ4v) is 4.34. The Labute approximate surface area is 191 Å². The maximum Gasteiger partial charge on any atom is 0.244 e. The van der Waals surface area contributed by atoms with Gasteiger partial charge in [0.15, 0.2) is 0 Å². The molecule has 3 aromatic rings. The largest absolute Gasteiger partial charge is 0.334 e. The van der Waals surface area contributed by atoms with E-state index >= 15 is 0 Å². The van der Waals surface area contributed by atoms with Crippen LogP contribution in [-0.2, 0) is 27.3 Å². The molecule has 0 bridgehead atoms. The van der Waals surface area contributed by atoms with Gasteiger partial charge in [-0.05, 0) is 37.1 Å². The second-order valence-electron chi connectivity index (χ2n) is 8.37. The first kappa shape index (κ1) is 20.9. The number of rotatable bonds is 5. The van der Waals surface area contributed by atoms with Crippen molar-refractivity contribution in [2.75, 3.05) is 22.1 Å². The van der Waals surface area contributed by atoms with Crippen molar-refractivity contribution in [2.24, 2.45) is 0 Å². The molecule has 5 rings (SSSR count). The number of carbonyl (C=O) groups excluding carboxylic acids is 3. The number of nitrogens with zero attached hydrogens (tertiary/aromatic N) is 3. The Hall–Kier alpha value is -3.94. The van der Waals surface area contributed by atoms with Gasteiger partial charge in [0.25, 0.3) is 0 Å². The maximum absolute atomic E-state index is 12.8. The lowest BCUT2D eigenvalue weighted by Crippen LogP contribution is -2.42. The highest BCUT2D eigenvalue weighted by Crippen LogP contribution is 2.29. The number of nitrogens with one attached hydrogen (secondary N) is 2. The van der Waals surface area contributed by atoms with Gasteiger partial charge in [-0.1, -0.05) is 24.3 Å². The number of aromatic nitrogens is 2. The van der Waals surface area contributed by atoms with Gasteiger partial charge in [0.1, 0.15) is 12.4 Å². The molecule has 2 aliphatic heterocycles. The van der Waals surface area contributed by atoms with Crippen molar-refractivity contribution >= 4 is 34.8 Å². The standard InChI is InChI=1S/C25H25N5O3/c31-23(11-12-25(33)30-16-24(32)28-19-8-1-2-9-21(19)30)26-18-7-5-6-17(14-18)20-15-29-13-4-3-10-22(29)27-20/h1-2,5-9,14-15H,3-4,10-13,16H2,(H,26,31)(H,28,32). The summed E-state index contributed by atoms with van der Waals surface area (Å²) in [4.78, 5) is 43.4. The van der Waals surface area contributed by atoms with Crippen molar-refractivity contribution < 1.29 is 14.4 Å². The Bertz CT molecular complexity index is 1210. The van der Waals surface area contributed by atoms with Gasteiger partial charge >= 0.3 is 0 Å². The highest BCUT2D eigenvalue weighted by atomic mass is 16.2. The van der Waals surface area contributed by atoms with Crippen LogP contribution in [0.3, 0.4) is 0 Å². The van der Waals surface area contributed by atoms with Crippen LogP contribution >= 0.6 is 0 Å². The number of carbonyl (C=O) groups is 3. The molecular weight excluding hydrogens is 418 g/mol. The molecule has 1 aromatic heterocycles. The quantitative estimate of drug-likeness (QED) is 0.630. The van der Waals surface area contributed by atoms with Crippen molar-refractivity contribution in [3.63, 3.8) is 0 Å². The summed E-state index contributed by atoms with van der Waals surface area (Å²) in [6.45, 7) is 0.948. The third-order valence-electron chi connectivity index (χ3n) is 5.99. The lowest BCUT2D eigenvalue weighted by atomic mass is 10.1. The minimum atomic E-state index is -0.259. The summed E-state index contributed by atoms with van der Waals surface area (Å²) in [5, 5.41) is 5.63. The number of aryl methyl sites for hydroxylation is 2. The molecule has 8 nitrogen and oxygen atoms in total. The van der Waals surface area contributed by atoms with Crippen LogP contribution in [0.4, 0.5) is 17.1 Å². The molecular formula is C25H25N5O3. The van der Waals surface area contributed by atoms with Crippen molar-refractivity contribution in [3.05, 3.63) is 60.6 Å². The molecule has 0 atom stereocenters. The predicted molar refractivity (Wildman–Crippen MR) is 126 cm³/mol. The summed E-state index contributed by atoms with van der Waals surface area (Å²) in [5.41, 5.74) is 3.77. The summed E-state index contributed by atoms with van der Waals surface area (Å²) in [7, 11) is 0. The molecule has 2 aromatic carbocycles. The third-order valence-corrected chi connectivity index (χ3v) is 5.99. The summed E-state index contributed by atoms with van der Waals surface area (Å²) in [6, 6.07) is 14.7. The van der Waals surface area contributed by atoms with E-state index in [0.29, 0.717) is 17.1 Å². The van der Waals surface area contributed by atoms with Gasteiger partial charge in [0.05, 0.1) is 17.1 Å². The zero-order valence-electron chi connectivity index (χ0n) is 18.2. The molecule has 3 amide bonds. The molecule has 168 valence electrons. The maximum atomic E-state index is 12.8. The van der Waals surface area contributed by atoms with Crippen LogP contribution in [-0.4, -0.2) is 33.8 Å². The third kappa shape index (κ3) is 4.50. The van der Waals surface area contributed by atoms with Gasteiger partial charge in [-0.3, -0.25) is 14.4 Å². The molecule has 0 unspecified atom stereocenters. The molecule has 3 heterocycles. The Balaban J connectivity index is 1.21. The number of hydrogen-bond donors (Lipinski definition) is 2. The zero-order chi connectivity index (χ0) is 22.8. The Kier molecular flexibility index (Phi) is 5.64. The molecule has 2 N–H and O–H groups in total. The number of para-hydroxylation sites is 2. The van der Waals surface area contributed by atoms with E-state index < -0.39 is 0 Å². The average Bonchev–Trinajstić information content (AvgIpc) is 3.27. The van der Waals surface area contributed by atoms with Crippen molar-refractivity contribution in [1.29, 1.82) is 0 Å². The van der Waals surface area contributed by atoms with Crippen LogP contribution < -0.4 is 15.5 Å². The molecule has 0 spiro atoms. The highest BCUT2D eigenvalue weighted by molar-refractivity contribution is 6.10. The van der Waals surface area contributed by atoms with E-state index in [2.05, 4.69) is 21.4 Å². The van der Waals surface area contributed by atoms with Gasteiger partial charge < -0.3 is 20.1 Å². The number of anilines is 3. The molecule has 0 radical (unpaired) electrons. The monoisotopic (exact) mass is 443 g/mol.